The number of aromatic nitrogens is 2. The van der Waals surface area contributed by atoms with Gasteiger partial charge in [-0.2, -0.15) is 0 Å². The third-order valence-electron chi connectivity index (χ3n) is 4.73. The van der Waals surface area contributed by atoms with Crippen molar-refractivity contribution in [1.29, 1.82) is 0 Å². The molecule has 3 aromatic rings. The molecule has 4 rings (SSSR count). The first-order valence-corrected chi connectivity index (χ1v) is 8.09. The standard InChI is InChI=1S/C20H18N2O2/c1-13-21-18(20(23)24)19(14-7-3-2-4-8-14)22(13)17-11-15-9-5-6-10-16(15)12-17/h2-10,17H,11-12H2,1H3,(H,23,24). The fourth-order valence-corrected chi connectivity index (χ4v) is 3.73. The molecule has 0 saturated carbocycles. The quantitative estimate of drug-likeness (QED) is 0.797. The van der Waals surface area contributed by atoms with Gasteiger partial charge in [0, 0.05) is 11.6 Å². The lowest BCUT2D eigenvalue weighted by molar-refractivity contribution is 0.0691. The molecule has 0 saturated heterocycles. The Morgan fingerprint density at radius 2 is 1.62 bits per heavy atom. The van der Waals surface area contributed by atoms with Gasteiger partial charge in [-0.05, 0) is 30.9 Å². The summed E-state index contributed by atoms with van der Waals surface area (Å²) in [6, 6.07) is 18.3. The van der Waals surface area contributed by atoms with E-state index in [1.807, 2.05) is 37.3 Å². The van der Waals surface area contributed by atoms with Gasteiger partial charge in [0.05, 0.1) is 5.69 Å². The van der Waals surface area contributed by atoms with Crippen LogP contribution in [0.3, 0.4) is 0 Å². The molecule has 0 unspecified atom stereocenters. The first-order chi connectivity index (χ1) is 11.6. The molecule has 1 N–H and O–H groups in total. The van der Waals surface area contributed by atoms with Gasteiger partial charge < -0.3 is 9.67 Å². The molecule has 24 heavy (non-hydrogen) atoms. The molecule has 1 aliphatic rings. The summed E-state index contributed by atoms with van der Waals surface area (Å²) in [5.74, 6) is -0.227. The van der Waals surface area contributed by atoms with Gasteiger partial charge >= 0.3 is 5.97 Å². The van der Waals surface area contributed by atoms with Crippen molar-refractivity contribution in [2.24, 2.45) is 0 Å². The van der Waals surface area contributed by atoms with Crippen molar-refractivity contribution in [1.82, 2.24) is 9.55 Å². The Kier molecular flexibility index (Phi) is 3.45. The van der Waals surface area contributed by atoms with Crippen LogP contribution in [0.4, 0.5) is 0 Å². The Bertz CT molecular complexity index is 888. The van der Waals surface area contributed by atoms with Crippen LogP contribution < -0.4 is 0 Å². The zero-order valence-corrected chi connectivity index (χ0v) is 13.4. The topological polar surface area (TPSA) is 55.1 Å². The predicted octanol–water partition coefficient (Wildman–Crippen LogP) is 3.90. The molecule has 0 atom stereocenters. The molecule has 1 aliphatic carbocycles. The van der Waals surface area contributed by atoms with Crippen molar-refractivity contribution in [3.63, 3.8) is 0 Å². The lowest BCUT2D eigenvalue weighted by atomic mass is 10.1. The van der Waals surface area contributed by atoms with E-state index in [1.165, 1.54) is 11.1 Å². The van der Waals surface area contributed by atoms with Crippen molar-refractivity contribution in [3.8, 4) is 11.3 Å². The van der Waals surface area contributed by atoms with Gasteiger partial charge in [-0.3, -0.25) is 0 Å². The monoisotopic (exact) mass is 318 g/mol. The third-order valence-corrected chi connectivity index (χ3v) is 4.73. The molecular weight excluding hydrogens is 300 g/mol. The Hall–Kier alpha value is -2.88. The van der Waals surface area contributed by atoms with E-state index in [2.05, 4.69) is 33.8 Å². The number of carboxylic acid groups (broad SMARTS) is 1. The van der Waals surface area contributed by atoms with Crippen LogP contribution in [0.5, 0.6) is 0 Å². The zero-order valence-electron chi connectivity index (χ0n) is 13.4. The van der Waals surface area contributed by atoms with Crippen molar-refractivity contribution in [3.05, 3.63) is 77.2 Å². The highest BCUT2D eigenvalue weighted by Gasteiger charge is 2.29. The summed E-state index contributed by atoms with van der Waals surface area (Å²) in [6.45, 7) is 1.89. The second-order valence-corrected chi connectivity index (χ2v) is 6.23. The van der Waals surface area contributed by atoms with Gasteiger partial charge in [0.25, 0.3) is 0 Å². The first kappa shape index (κ1) is 14.7. The van der Waals surface area contributed by atoms with E-state index in [9.17, 15) is 9.90 Å². The second-order valence-electron chi connectivity index (χ2n) is 6.23. The van der Waals surface area contributed by atoms with Gasteiger partial charge in [0.2, 0.25) is 0 Å². The van der Waals surface area contributed by atoms with Crippen LogP contribution in [-0.4, -0.2) is 20.6 Å². The van der Waals surface area contributed by atoms with Crippen molar-refractivity contribution in [2.45, 2.75) is 25.8 Å². The number of fused-ring (bicyclic) bond motifs is 1. The summed E-state index contributed by atoms with van der Waals surface area (Å²) < 4.78 is 2.11. The number of aromatic carboxylic acids is 1. The summed E-state index contributed by atoms with van der Waals surface area (Å²) >= 11 is 0. The molecular formula is C20H18N2O2. The summed E-state index contributed by atoms with van der Waals surface area (Å²) in [7, 11) is 0. The summed E-state index contributed by atoms with van der Waals surface area (Å²) in [4.78, 5) is 16.1. The molecule has 0 fully saturated rings. The van der Waals surface area contributed by atoms with Crippen LogP contribution in [0.15, 0.2) is 54.6 Å². The fourth-order valence-electron chi connectivity index (χ4n) is 3.73. The fraction of sp³-hybridized carbons (Fsp3) is 0.200. The highest BCUT2D eigenvalue weighted by atomic mass is 16.4. The Labute approximate surface area is 140 Å². The number of hydrogen-bond donors (Lipinski definition) is 1. The maximum absolute atomic E-state index is 11.7. The molecule has 0 amide bonds. The molecule has 120 valence electrons. The number of benzene rings is 2. The van der Waals surface area contributed by atoms with Gasteiger partial charge in [-0.1, -0.05) is 54.6 Å². The number of rotatable bonds is 3. The third kappa shape index (κ3) is 2.31. The molecule has 4 nitrogen and oxygen atoms in total. The van der Waals surface area contributed by atoms with Crippen LogP contribution in [0, 0.1) is 6.92 Å². The van der Waals surface area contributed by atoms with Crippen LogP contribution in [0.25, 0.3) is 11.3 Å². The predicted molar refractivity (Wildman–Crippen MR) is 92.2 cm³/mol. The minimum Gasteiger partial charge on any atom is -0.476 e. The maximum Gasteiger partial charge on any atom is 0.356 e. The van der Waals surface area contributed by atoms with E-state index in [1.54, 1.807) is 0 Å². The summed E-state index contributed by atoms with van der Waals surface area (Å²) in [5.41, 5.74) is 4.41. The molecule has 4 heteroatoms. The zero-order chi connectivity index (χ0) is 16.7. The highest BCUT2D eigenvalue weighted by Crippen LogP contribution is 2.36. The molecule has 1 heterocycles. The first-order valence-electron chi connectivity index (χ1n) is 8.09. The van der Waals surface area contributed by atoms with E-state index in [0.29, 0.717) is 5.69 Å². The van der Waals surface area contributed by atoms with Gasteiger partial charge in [-0.25, -0.2) is 9.78 Å². The van der Waals surface area contributed by atoms with Gasteiger partial charge in [0.15, 0.2) is 5.69 Å². The van der Waals surface area contributed by atoms with E-state index >= 15 is 0 Å². The van der Waals surface area contributed by atoms with E-state index < -0.39 is 5.97 Å². The average Bonchev–Trinajstić information content (AvgIpc) is 3.16. The number of nitrogens with zero attached hydrogens (tertiary/aromatic N) is 2. The summed E-state index contributed by atoms with van der Waals surface area (Å²) in [5, 5.41) is 9.61. The largest absolute Gasteiger partial charge is 0.476 e. The van der Waals surface area contributed by atoms with E-state index in [4.69, 9.17) is 0 Å². The van der Waals surface area contributed by atoms with Gasteiger partial charge in [-0.15, -0.1) is 0 Å². The molecule has 2 aromatic carbocycles. The average molecular weight is 318 g/mol. The molecule has 0 bridgehead atoms. The second kappa shape index (κ2) is 5.64. The van der Waals surface area contributed by atoms with E-state index in [0.717, 1.165) is 24.2 Å². The number of carboxylic acids is 1. The lowest BCUT2D eigenvalue weighted by Gasteiger charge is -2.18. The lowest BCUT2D eigenvalue weighted by Crippen LogP contribution is -2.13. The van der Waals surface area contributed by atoms with E-state index in [-0.39, 0.29) is 11.7 Å². The molecule has 0 spiro atoms. The smallest absolute Gasteiger partial charge is 0.356 e. The van der Waals surface area contributed by atoms with Crippen molar-refractivity contribution in [2.75, 3.05) is 0 Å². The Morgan fingerprint density at radius 3 is 2.21 bits per heavy atom. The number of imidazole rings is 1. The van der Waals surface area contributed by atoms with Crippen LogP contribution in [0.1, 0.15) is 33.5 Å². The number of hydrogen-bond acceptors (Lipinski definition) is 2. The van der Waals surface area contributed by atoms with Crippen LogP contribution in [0.2, 0.25) is 0 Å². The van der Waals surface area contributed by atoms with Crippen LogP contribution >= 0.6 is 0 Å². The number of aryl methyl sites for hydroxylation is 1. The highest BCUT2D eigenvalue weighted by molar-refractivity contribution is 5.93. The molecule has 1 aromatic heterocycles. The number of carbonyl (C=O) groups is 1. The molecule has 0 radical (unpaired) electrons. The van der Waals surface area contributed by atoms with Crippen molar-refractivity contribution < 1.29 is 9.90 Å². The maximum atomic E-state index is 11.7. The van der Waals surface area contributed by atoms with Crippen molar-refractivity contribution >= 4 is 5.97 Å². The van der Waals surface area contributed by atoms with Gasteiger partial charge in [0.1, 0.15) is 5.82 Å². The Morgan fingerprint density at radius 1 is 1.04 bits per heavy atom. The molecule has 0 aliphatic heterocycles. The minimum absolute atomic E-state index is 0.134. The SMILES string of the molecule is Cc1nc(C(=O)O)c(-c2ccccc2)n1C1Cc2ccccc2C1. The normalized spacial score (nSPS) is 13.9. The van der Waals surface area contributed by atoms with Crippen LogP contribution in [-0.2, 0) is 12.8 Å². The minimum atomic E-state index is -0.980. The Balaban J connectivity index is 1.86. The summed E-state index contributed by atoms with van der Waals surface area (Å²) in [6.07, 6.45) is 1.82.